The Morgan fingerprint density at radius 2 is 1.48 bits per heavy atom. The minimum Gasteiger partial charge on any atom is -0.202 e. The molecular formula is C18H20N6O6S3. The molecule has 33 heavy (non-hydrogen) atoms. The van der Waals surface area contributed by atoms with E-state index in [1.54, 1.807) is 37.3 Å². The molecule has 0 radical (unpaired) electrons. The molecule has 3 rings (SSSR count). The second-order valence-corrected chi connectivity index (χ2v) is 12.5. The molecule has 0 fully saturated rings. The summed E-state index contributed by atoms with van der Waals surface area (Å²) in [7, 11) is -11.5. The van der Waals surface area contributed by atoms with Crippen LogP contribution in [0.25, 0.3) is 0 Å². The van der Waals surface area contributed by atoms with Crippen molar-refractivity contribution >= 4 is 36.5 Å². The second-order valence-electron chi connectivity index (χ2n) is 6.85. The molecule has 2 aromatic carbocycles. The number of hydrogen-bond donors (Lipinski definition) is 0. The third-order valence-corrected chi connectivity index (χ3v) is 9.49. The maximum absolute atomic E-state index is 13.2. The number of sulfonamides is 2. The molecule has 0 bridgehead atoms. The summed E-state index contributed by atoms with van der Waals surface area (Å²) in [6, 6.07) is 13.7. The summed E-state index contributed by atoms with van der Waals surface area (Å²) in [6.45, 7) is 1.74. The molecule has 0 atom stereocenters. The molecule has 1 aromatic heterocycles. The molecule has 15 heteroatoms. The van der Waals surface area contributed by atoms with Gasteiger partial charge in [0.2, 0.25) is 0 Å². The fraction of sp³-hybridized carbons (Fsp3) is 0.167. The van der Waals surface area contributed by atoms with E-state index in [4.69, 9.17) is 0 Å². The monoisotopic (exact) mass is 512 g/mol. The van der Waals surface area contributed by atoms with Crippen LogP contribution in [0.4, 0.5) is 0 Å². The molecule has 0 aliphatic rings. The number of benzene rings is 2. The summed E-state index contributed by atoms with van der Waals surface area (Å²) in [5, 5.41) is 6.12. The zero-order valence-corrected chi connectivity index (χ0v) is 20.2. The molecule has 1 heterocycles. The Morgan fingerprint density at radius 1 is 0.879 bits per heavy atom. The third kappa shape index (κ3) is 4.95. The summed E-state index contributed by atoms with van der Waals surface area (Å²) >= 11 is 0. The van der Waals surface area contributed by atoms with Gasteiger partial charge in [0.1, 0.15) is 6.33 Å². The van der Waals surface area contributed by atoms with E-state index in [1.807, 2.05) is 0 Å². The number of hydrazone groups is 1. The predicted molar refractivity (Wildman–Crippen MR) is 119 cm³/mol. The molecule has 0 spiro atoms. The number of nitrogens with zero attached hydrogens (tertiary/aromatic N) is 6. The fourth-order valence-corrected chi connectivity index (χ4v) is 6.15. The van der Waals surface area contributed by atoms with Gasteiger partial charge in [0.15, 0.2) is 0 Å². The van der Waals surface area contributed by atoms with E-state index in [9.17, 15) is 25.3 Å². The topological polar surface area (TPSA) is 152 Å². The van der Waals surface area contributed by atoms with E-state index in [2.05, 4.69) is 15.2 Å². The van der Waals surface area contributed by atoms with Crippen LogP contribution in [0.2, 0.25) is 0 Å². The Balaban J connectivity index is 2.15. The average Bonchev–Trinajstić information content (AvgIpc) is 3.27. The van der Waals surface area contributed by atoms with Gasteiger partial charge < -0.3 is 0 Å². The van der Waals surface area contributed by atoms with Crippen molar-refractivity contribution in [2.75, 3.05) is 14.1 Å². The normalized spacial score (nSPS) is 13.0. The first-order valence-corrected chi connectivity index (χ1v) is 13.5. The van der Waals surface area contributed by atoms with Gasteiger partial charge in [0.05, 0.1) is 11.1 Å². The van der Waals surface area contributed by atoms with Crippen molar-refractivity contribution in [1.29, 1.82) is 0 Å². The Labute approximate surface area is 192 Å². The van der Waals surface area contributed by atoms with Gasteiger partial charge in [-0.2, -0.15) is 34.7 Å². The largest absolute Gasteiger partial charge is 0.330 e. The lowest BCUT2D eigenvalue weighted by Crippen LogP contribution is -2.34. The highest BCUT2D eigenvalue weighted by Gasteiger charge is 2.39. The summed E-state index contributed by atoms with van der Waals surface area (Å²) < 4.78 is 78.4. The van der Waals surface area contributed by atoms with Crippen molar-refractivity contribution in [3.63, 3.8) is 0 Å². The summed E-state index contributed by atoms with van der Waals surface area (Å²) in [5.74, 6) is 0. The SMILES string of the molecule is Cc1ccc(S(=O)(=O)N(/N=C/c2ccccc2)S(=O)(=O)c2ncn(S(=O)(=O)N(C)C)n2)cc1. The minimum atomic E-state index is -5.03. The van der Waals surface area contributed by atoms with Crippen LogP contribution in [-0.2, 0) is 30.3 Å². The van der Waals surface area contributed by atoms with Crippen molar-refractivity contribution in [2.24, 2.45) is 5.10 Å². The molecule has 12 nitrogen and oxygen atoms in total. The standard InChI is InChI=1S/C18H20N6O6S3/c1-15-9-11-17(12-10-15)31(25,26)24(20-13-16-7-5-4-6-8-16)32(27,28)18-19-14-23(21-18)33(29,30)22(2)3/h4-14H,1-3H3/b20-13+. The van der Waals surface area contributed by atoms with Crippen LogP contribution in [0.15, 0.2) is 76.1 Å². The van der Waals surface area contributed by atoms with Crippen LogP contribution >= 0.6 is 0 Å². The maximum Gasteiger partial charge on any atom is 0.330 e. The highest BCUT2D eigenvalue weighted by molar-refractivity contribution is 8.03. The molecule has 0 unspecified atom stereocenters. The van der Waals surface area contributed by atoms with Crippen molar-refractivity contribution in [2.45, 2.75) is 17.0 Å². The van der Waals surface area contributed by atoms with E-state index in [1.165, 1.54) is 38.4 Å². The molecule has 0 aliphatic heterocycles. The van der Waals surface area contributed by atoms with Crippen LogP contribution in [-0.4, -0.2) is 67.9 Å². The van der Waals surface area contributed by atoms with E-state index in [0.29, 0.717) is 16.0 Å². The average molecular weight is 513 g/mol. The summed E-state index contributed by atoms with van der Waals surface area (Å²) in [5.41, 5.74) is 1.18. The first kappa shape index (κ1) is 24.5. The smallest absolute Gasteiger partial charge is 0.202 e. The lowest BCUT2D eigenvalue weighted by Gasteiger charge is -2.17. The van der Waals surface area contributed by atoms with Crippen LogP contribution in [0.5, 0.6) is 0 Å². The molecule has 3 aromatic rings. The van der Waals surface area contributed by atoms with Crippen LogP contribution < -0.4 is 0 Å². The predicted octanol–water partition coefficient (Wildman–Crippen LogP) is 0.655. The highest BCUT2D eigenvalue weighted by Crippen LogP contribution is 2.23. The first-order valence-electron chi connectivity index (χ1n) is 9.18. The van der Waals surface area contributed by atoms with Crippen LogP contribution in [0.3, 0.4) is 0 Å². The maximum atomic E-state index is 13.2. The van der Waals surface area contributed by atoms with Crippen molar-refractivity contribution in [3.05, 3.63) is 72.1 Å². The van der Waals surface area contributed by atoms with Gasteiger partial charge in [0, 0.05) is 14.1 Å². The van der Waals surface area contributed by atoms with Crippen molar-refractivity contribution in [3.8, 4) is 0 Å². The van der Waals surface area contributed by atoms with Crippen LogP contribution in [0, 0.1) is 6.92 Å². The Kier molecular flexibility index (Phi) is 6.69. The number of aryl methyl sites for hydroxylation is 1. The molecule has 0 aliphatic carbocycles. The third-order valence-electron chi connectivity index (χ3n) is 4.21. The number of aromatic nitrogens is 3. The lowest BCUT2D eigenvalue weighted by molar-refractivity contribution is 0.497. The van der Waals surface area contributed by atoms with Gasteiger partial charge in [-0.15, -0.1) is 9.19 Å². The summed E-state index contributed by atoms with van der Waals surface area (Å²) in [4.78, 5) is 3.17. The number of hydrogen-bond acceptors (Lipinski definition) is 9. The van der Waals surface area contributed by atoms with Crippen LogP contribution in [0.1, 0.15) is 11.1 Å². The van der Waals surface area contributed by atoms with Gasteiger partial charge in [-0.25, -0.2) is 4.98 Å². The van der Waals surface area contributed by atoms with E-state index in [0.717, 1.165) is 16.1 Å². The second kappa shape index (κ2) is 9.01. The van der Waals surface area contributed by atoms with Crippen molar-refractivity contribution < 1.29 is 25.3 Å². The van der Waals surface area contributed by atoms with E-state index in [-0.39, 0.29) is 8.72 Å². The molecule has 0 saturated carbocycles. The molecule has 0 saturated heterocycles. The van der Waals surface area contributed by atoms with E-state index < -0.39 is 35.4 Å². The molecule has 176 valence electrons. The zero-order chi connectivity index (χ0) is 24.4. The van der Waals surface area contributed by atoms with Gasteiger partial charge >= 0.3 is 20.2 Å². The lowest BCUT2D eigenvalue weighted by atomic mass is 10.2. The van der Waals surface area contributed by atoms with Crippen molar-refractivity contribution in [1.82, 2.24) is 22.3 Å². The highest BCUT2D eigenvalue weighted by atomic mass is 32.3. The first-order chi connectivity index (χ1) is 15.4. The van der Waals surface area contributed by atoms with Gasteiger partial charge in [-0.05, 0) is 24.6 Å². The van der Waals surface area contributed by atoms with E-state index >= 15 is 0 Å². The van der Waals surface area contributed by atoms with Gasteiger partial charge in [-0.3, -0.25) is 0 Å². The molecule has 0 N–H and O–H groups in total. The zero-order valence-electron chi connectivity index (χ0n) is 17.7. The fourth-order valence-electron chi connectivity index (χ4n) is 2.41. The minimum absolute atomic E-state index is 0.125. The van der Waals surface area contributed by atoms with Gasteiger partial charge in [-0.1, -0.05) is 51.8 Å². The molecular weight excluding hydrogens is 492 g/mol. The van der Waals surface area contributed by atoms with Gasteiger partial charge in [0.25, 0.3) is 15.2 Å². The summed E-state index contributed by atoms with van der Waals surface area (Å²) in [6.07, 6.45) is 1.69. The Bertz CT molecular complexity index is 1480. The quantitative estimate of drug-likeness (QED) is 0.315. The number of rotatable bonds is 8. The molecule has 0 amide bonds. The Morgan fingerprint density at radius 3 is 2.06 bits per heavy atom. The Hall–Kier alpha value is -3.14.